The summed E-state index contributed by atoms with van der Waals surface area (Å²) < 4.78 is 5.12. The molecule has 2 aromatic rings. The molecule has 1 heterocycles. The second-order valence-corrected chi connectivity index (χ2v) is 5.92. The topological polar surface area (TPSA) is 87.2 Å². The third-order valence-electron chi connectivity index (χ3n) is 3.64. The number of methoxy groups -OCH3 is 1. The Bertz CT molecular complexity index is 685. The number of benzene rings is 1. The summed E-state index contributed by atoms with van der Waals surface area (Å²) in [5.74, 6) is 0.379. The molecule has 3 N–H and O–H groups in total. The van der Waals surface area contributed by atoms with Crippen molar-refractivity contribution in [3.8, 4) is 17.0 Å². The number of rotatable bonds is 6. The van der Waals surface area contributed by atoms with E-state index in [4.69, 9.17) is 16.3 Å². The van der Waals surface area contributed by atoms with Crippen LogP contribution in [0.5, 0.6) is 5.75 Å². The largest absolute Gasteiger partial charge is 0.495 e. The van der Waals surface area contributed by atoms with Crippen molar-refractivity contribution in [3.05, 3.63) is 35.0 Å². The Kier molecular flexibility index (Phi) is 5.63. The number of nitrogens with zero attached hydrogens (tertiary/aromatic N) is 1. The van der Waals surface area contributed by atoms with E-state index < -0.39 is 0 Å². The standard InChI is InChI=1S/C16H20ClN3O3/c1-9(2)13(8-21)19-16(22)11-7-18-20-15(11)10-4-5-14(23-3)12(17)6-10/h4-7,9,13,21H,8H2,1-3H3,(H,18,20)(H,19,22)/t13-/m0/s1. The fourth-order valence-electron chi connectivity index (χ4n) is 2.17. The van der Waals surface area contributed by atoms with Crippen LogP contribution in [0.2, 0.25) is 5.02 Å². The van der Waals surface area contributed by atoms with Crippen molar-refractivity contribution in [3.63, 3.8) is 0 Å². The molecule has 1 amide bonds. The Morgan fingerprint density at radius 2 is 2.22 bits per heavy atom. The number of carbonyl (C=O) groups excluding carboxylic acids is 1. The first-order valence-electron chi connectivity index (χ1n) is 7.27. The van der Waals surface area contributed by atoms with E-state index in [9.17, 15) is 9.90 Å². The number of aromatic amines is 1. The molecule has 7 heteroatoms. The lowest BCUT2D eigenvalue weighted by Crippen LogP contribution is -2.41. The molecule has 0 unspecified atom stereocenters. The van der Waals surface area contributed by atoms with Crippen LogP contribution in [0.15, 0.2) is 24.4 Å². The zero-order valence-electron chi connectivity index (χ0n) is 13.3. The molecule has 0 saturated heterocycles. The number of hydrogen-bond donors (Lipinski definition) is 3. The number of ether oxygens (including phenoxy) is 1. The monoisotopic (exact) mass is 337 g/mol. The Morgan fingerprint density at radius 3 is 2.78 bits per heavy atom. The summed E-state index contributed by atoms with van der Waals surface area (Å²) in [7, 11) is 1.54. The minimum absolute atomic E-state index is 0.120. The molecule has 23 heavy (non-hydrogen) atoms. The maximum absolute atomic E-state index is 12.4. The summed E-state index contributed by atoms with van der Waals surface area (Å²) in [6.07, 6.45) is 1.46. The summed E-state index contributed by atoms with van der Waals surface area (Å²) in [4.78, 5) is 12.4. The van der Waals surface area contributed by atoms with E-state index in [-0.39, 0.29) is 24.5 Å². The predicted molar refractivity (Wildman–Crippen MR) is 88.8 cm³/mol. The van der Waals surface area contributed by atoms with Gasteiger partial charge in [-0.25, -0.2) is 0 Å². The minimum Gasteiger partial charge on any atom is -0.495 e. The lowest BCUT2D eigenvalue weighted by Gasteiger charge is -2.19. The quantitative estimate of drug-likeness (QED) is 0.755. The maximum Gasteiger partial charge on any atom is 0.255 e. The number of hydrogen-bond acceptors (Lipinski definition) is 4. The molecule has 0 aliphatic rings. The first-order chi connectivity index (χ1) is 11.0. The van der Waals surface area contributed by atoms with Crippen molar-refractivity contribution < 1.29 is 14.6 Å². The first kappa shape index (κ1) is 17.3. The van der Waals surface area contributed by atoms with E-state index in [1.165, 1.54) is 13.3 Å². The number of nitrogens with one attached hydrogen (secondary N) is 2. The second kappa shape index (κ2) is 7.48. The lowest BCUT2D eigenvalue weighted by atomic mass is 10.0. The highest BCUT2D eigenvalue weighted by Gasteiger charge is 2.20. The molecular weight excluding hydrogens is 318 g/mol. The van der Waals surface area contributed by atoms with Gasteiger partial charge in [0.05, 0.1) is 42.2 Å². The number of aliphatic hydroxyl groups excluding tert-OH is 1. The summed E-state index contributed by atoms with van der Waals surface area (Å²) in [6.45, 7) is 3.74. The molecule has 124 valence electrons. The predicted octanol–water partition coefficient (Wildman–Crippen LogP) is 2.49. The maximum atomic E-state index is 12.4. The van der Waals surface area contributed by atoms with E-state index in [1.807, 2.05) is 13.8 Å². The van der Waals surface area contributed by atoms with Crippen LogP contribution in [0.25, 0.3) is 11.3 Å². The van der Waals surface area contributed by atoms with Crippen molar-refractivity contribution in [2.75, 3.05) is 13.7 Å². The molecule has 6 nitrogen and oxygen atoms in total. The molecule has 0 bridgehead atoms. The summed E-state index contributed by atoms with van der Waals surface area (Å²) >= 11 is 6.13. The van der Waals surface area contributed by atoms with Gasteiger partial charge < -0.3 is 15.2 Å². The van der Waals surface area contributed by atoms with Gasteiger partial charge in [0, 0.05) is 5.56 Å². The summed E-state index contributed by atoms with van der Waals surface area (Å²) in [5, 5.41) is 19.4. The Morgan fingerprint density at radius 1 is 1.48 bits per heavy atom. The highest BCUT2D eigenvalue weighted by Crippen LogP contribution is 2.30. The SMILES string of the molecule is COc1ccc(-c2[nH]ncc2C(=O)N[C@@H](CO)C(C)C)cc1Cl. The van der Waals surface area contributed by atoms with Crippen LogP contribution in [-0.2, 0) is 0 Å². The first-order valence-corrected chi connectivity index (χ1v) is 7.64. The zero-order valence-corrected chi connectivity index (χ0v) is 14.0. The zero-order chi connectivity index (χ0) is 17.0. The van der Waals surface area contributed by atoms with Crippen molar-refractivity contribution >= 4 is 17.5 Å². The number of halogens is 1. The van der Waals surface area contributed by atoms with Gasteiger partial charge in [-0.05, 0) is 24.1 Å². The lowest BCUT2D eigenvalue weighted by molar-refractivity contribution is 0.0897. The highest BCUT2D eigenvalue weighted by molar-refractivity contribution is 6.32. The number of H-pyrrole nitrogens is 1. The van der Waals surface area contributed by atoms with Gasteiger partial charge in [0.25, 0.3) is 5.91 Å². The summed E-state index contributed by atoms with van der Waals surface area (Å²) in [5.41, 5.74) is 1.68. The van der Waals surface area contributed by atoms with Crippen LogP contribution in [0, 0.1) is 5.92 Å². The van der Waals surface area contributed by atoms with Crippen molar-refractivity contribution in [1.29, 1.82) is 0 Å². The van der Waals surface area contributed by atoms with Crippen LogP contribution in [0.1, 0.15) is 24.2 Å². The Balaban J connectivity index is 2.29. The number of amides is 1. The fourth-order valence-corrected chi connectivity index (χ4v) is 2.43. The minimum atomic E-state index is -0.315. The van der Waals surface area contributed by atoms with Crippen molar-refractivity contribution in [2.45, 2.75) is 19.9 Å². The van der Waals surface area contributed by atoms with Crippen LogP contribution >= 0.6 is 11.6 Å². The molecule has 0 fully saturated rings. The van der Waals surface area contributed by atoms with Gasteiger partial charge in [-0.1, -0.05) is 25.4 Å². The van der Waals surface area contributed by atoms with Gasteiger partial charge in [0.1, 0.15) is 5.75 Å². The molecule has 1 aromatic carbocycles. The molecule has 0 aliphatic carbocycles. The van der Waals surface area contributed by atoms with Gasteiger partial charge in [-0.2, -0.15) is 5.10 Å². The van der Waals surface area contributed by atoms with Gasteiger partial charge in [0.2, 0.25) is 0 Å². The second-order valence-electron chi connectivity index (χ2n) is 5.51. The van der Waals surface area contributed by atoms with Crippen LogP contribution in [0.3, 0.4) is 0 Å². The van der Waals surface area contributed by atoms with Crippen LogP contribution in [-0.4, -0.2) is 41.0 Å². The third-order valence-corrected chi connectivity index (χ3v) is 3.94. The number of aliphatic hydroxyl groups is 1. The van der Waals surface area contributed by atoms with Gasteiger partial charge >= 0.3 is 0 Å². The molecular formula is C16H20ClN3O3. The highest BCUT2D eigenvalue weighted by atomic mass is 35.5. The van der Waals surface area contributed by atoms with Crippen molar-refractivity contribution in [1.82, 2.24) is 15.5 Å². The molecule has 1 atom stereocenters. The van der Waals surface area contributed by atoms with Crippen LogP contribution in [0.4, 0.5) is 0 Å². The molecule has 0 saturated carbocycles. The van der Waals surface area contributed by atoms with Gasteiger partial charge in [0.15, 0.2) is 0 Å². The Hall–Kier alpha value is -2.05. The number of aromatic nitrogens is 2. The average molecular weight is 338 g/mol. The molecule has 0 spiro atoms. The molecule has 0 aliphatic heterocycles. The Labute approximate surface area is 139 Å². The molecule has 2 rings (SSSR count). The normalized spacial score (nSPS) is 12.3. The molecule has 1 aromatic heterocycles. The smallest absolute Gasteiger partial charge is 0.255 e. The van der Waals surface area contributed by atoms with E-state index in [0.29, 0.717) is 22.0 Å². The van der Waals surface area contributed by atoms with Gasteiger partial charge in [-0.3, -0.25) is 9.89 Å². The van der Waals surface area contributed by atoms with E-state index >= 15 is 0 Å². The fraction of sp³-hybridized carbons (Fsp3) is 0.375. The summed E-state index contributed by atoms with van der Waals surface area (Å²) in [6, 6.07) is 4.91. The van der Waals surface area contributed by atoms with E-state index in [0.717, 1.165) is 5.56 Å². The van der Waals surface area contributed by atoms with Crippen molar-refractivity contribution in [2.24, 2.45) is 5.92 Å². The average Bonchev–Trinajstić information content (AvgIpc) is 3.01. The van der Waals surface area contributed by atoms with Gasteiger partial charge in [-0.15, -0.1) is 0 Å². The number of carbonyl (C=O) groups is 1. The van der Waals surface area contributed by atoms with E-state index in [1.54, 1.807) is 18.2 Å². The van der Waals surface area contributed by atoms with Crippen LogP contribution < -0.4 is 10.1 Å². The van der Waals surface area contributed by atoms with E-state index in [2.05, 4.69) is 15.5 Å². The third kappa shape index (κ3) is 3.83. The molecule has 0 radical (unpaired) electrons.